The van der Waals surface area contributed by atoms with Gasteiger partial charge >= 0.3 is 11.5 Å². The second-order valence-corrected chi connectivity index (χ2v) is 5.47. The summed E-state index contributed by atoms with van der Waals surface area (Å²) in [6.45, 7) is 0.552. The summed E-state index contributed by atoms with van der Waals surface area (Å²) >= 11 is 0. The number of nitrogens with one attached hydrogen (secondary N) is 3. The highest BCUT2D eigenvalue weighted by molar-refractivity contribution is 5.51. The normalized spacial score (nSPS) is 12.0. The van der Waals surface area contributed by atoms with E-state index < -0.39 is 4.92 Å². The van der Waals surface area contributed by atoms with Crippen molar-refractivity contribution in [2.75, 3.05) is 33.1 Å². The number of aromatic amines is 1. The largest absolute Gasteiger partial charge is 0.497 e. The fourth-order valence-electron chi connectivity index (χ4n) is 2.44. The molecule has 0 aliphatic carbocycles. The molecule has 1 aromatic carbocycles. The van der Waals surface area contributed by atoms with Crippen LogP contribution in [0.3, 0.4) is 0 Å². The Kier molecular flexibility index (Phi) is 5.48. The molecule has 1 atom stereocenters. The van der Waals surface area contributed by atoms with E-state index in [4.69, 9.17) is 4.74 Å². The minimum Gasteiger partial charge on any atom is -0.497 e. The molecule has 0 aliphatic heterocycles. The number of nitro groups is 1. The molecular weight excluding hydrogens is 296 g/mol. The van der Waals surface area contributed by atoms with Gasteiger partial charge in [0.2, 0.25) is 0 Å². The van der Waals surface area contributed by atoms with Gasteiger partial charge in [-0.15, -0.1) is 0 Å². The van der Waals surface area contributed by atoms with Gasteiger partial charge in [-0.25, -0.2) is 4.98 Å². The quantitative estimate of drug-likeness (QED) is 0.582. The van der Waals surface area contributed by atoms with E-state index in [-0.39, 0.29) is 11.7 Å². The number of hydrogen-bond acceptors (Lipinski definition) is 4. The Bertz CT molecular complexity index is 676. The predicted octanol–water partition coefficient (Wildman–Crippen LogP) is 0.715. The molecule has 0 bridgehead atoms. The number of nitrogens with zero attached hydrogens (tertiary/aromatic N) is 1. The van der Waals surface area contributed by atoms with Crippen molar-refractivity contribution in [3.05, 3.63) is 58.3 Å². The van der Waals surface area contributed by atoms with E-state index in [0.29, 0.717) is 12.4 Å². The maximum Gasteiger partial charge on any atom is 0.357 e. The van der Waals surface area contributed by atoms with Crippen LogP contribution in [0, 0.1) is 10.1 Å². The zero-order valence-electron chi connectivity index (χ0n) is 13.5. The molecule has 0 saturated carbocycles. The molecule has 2 aromatic rings. The molecule has 0 fully saturated rings. The fraction of sp³-hybridized carbons (Fsp3) is 0.312. The molecule has 7 heteroatoms. The summed E-state index contributed by atoms with van der Waals surface area (Å²) in [5, 5.41) is 14.2. The van der Waals surface area contributed by atoms with Crippen LogP contribution in [0.4, 0.5) is 11.5 Å². The minimum atomic E-state index is -0.401. The molecule has 2 rings (SSSR count). The van der Waals surface area contributed by atoms with Crippen molar-refractivity contribution in [1.29, 1.82) is 0 Å². The number of quaternary nitrogens is 1. The monoisotopic (exact) mass is 318 g/mol. The molecule has 0 aliphatic rings. The van der Waals surface area contributed by atoms with Crippen LogP contribution >= 0.6 is 0 Å². The van der Waals surface area contributed by atoms with Crippen molar-refractivity contribution < 1.29 is 19.5 Å². The number of H-pyrrole nitrogens is 1. The highest BCUT2D eigenvalue weighted by Crippen LogP contribution is 2.20. The number of aromatic nitrogens is 1. The van der Waals surface area contributed by atoms with Gasteiger partial charge in [0.1, 0.15) is 12.3 Å². The van der Waals surface area contributed by atoms with Gasteiger partial charge in [-0.1, -0.05) is 12.1 Å². The maximum atomic E-state index is 11.1. The van der Waals surface area contributed by atoms with Gasteiger partial charge in [-0.05, 0) is 18.2 Å². The lowest BCUT2D eigenvalue weighted by molar-refractivity contribution is -0.890. The zero-order valence-corrected chi connectivity index (χ0v) is 13.5. The van der Waals surface area contributed by atoms with Crippen molar-refractivity contribution in [2.45, 2.75) is 6.04 Å². The van der Waals surface area contributed by atoms with Crippen LogP contribution in [0.5, 0.6) is 5.75 Å². The molecule has 1 heterocycles. The fourth-order valence-corrected chi connectivity index (χ4v) is 2.44. The summed E-state index contributed by atoms with van der Waals surface area (Å²) in [5.74, 6) is 1.21. The molecule has 0 unspecified atom stereocenters. The molecule has 1 aromatic heterocycles. The summed E-state index contributed by atoms with van der Waals surface area (Å²) in [6.07, 6.45) is 1.67. The van der Waals surface area contributed by atoms with Gasteiger partial charge in [0.25, 0.3) is 0 Å². The Morgan fingerprint density at radius 1 is 1.35 bits per heavy atom. The van der Waals surface area contributed by atoms with Crippen LogP contribution in [0.15, 0.2) is 42.6 Å². The van der Waals surface area contributed by atoms with Gasteiger partial charge in [0.05, 0.1) is 32.3 Å². The molecule has 23 heavy (non-hydrogen) atoms. The summed E-state index contributed by atoms with van der Waals surface area (Å²) in [7, 11) is 5.74. The number of rotatable bonds is 7. The van der Waals surface area contributed by atoms with Crippen molar-refractivity contribution in [3.8, 4) is 5.75 Å². The average molecular weight is 318 g/mol. The van der Waals surface area contributed by atoms with E-state index >= 15 is 0 Å². The molecule has 0 radical (unpaired) electrons. The van der Waals surface area contributed by atoms with Gasteiger partial charge < -0.3 is 9.64 Å². The third-order valence-corrected chi connectivity index (χ3v) is 3.71. The Balaban J connectivity index is 2.19. The van der Waals surface area contributed by atoms with Crippen LogP contribution in [0.25, 0.3) is 0 Å². The summed E-state index contributed by atoms with van der Waals surface area (Å²) in [6, 6.07) is 11.1. The van der Waals surface area contributed by atoms with Crippen molar-refractivity contribution in [2.24, 2.45) is 0 Å². The number of pyridine rings is 1. The second-order valence-electron chi connectivity index (χ2n) is 5.47. The number of likely N-dealkylation sites (N-methyl/N-ethyl adjacent to an activating group) is 1. The van der Waals surface area contributed by atoms with Gasteiger partial charge in [0, 0.05) is 11.6 Å². The van der Waals surface area contributed by atoms with E-state index in [2.05, 4.69) is 24.4 Å². The molecule has 122 valence electrons. The van der Waals surface area contributed by atoms with E-state index in [1.54, 1.807) is 19.4 Å². The number of methoxy groups -OCH3 is 1. The number of hydrogen-bond donors (Lipinski definition) is 2. The van der Waals surface area contributed by atoms with E-state index in [0.717, 1.165) is 11.3 Å². The molecule has 3 N–H and O–H groups in total. The summed E-state index contributed by atoms with van der Waals surface area (Å²) in [5.41, 5.74) is 1.14. The Morgan fingerprint density at radius 3 is 2.78 bits per heavy atom. The standard InChI is InChI=1S/C16H20N4O3/c1-19(2)15(12-6-4-7-13(10-12)23-3)11-18-16-14(20(21)22)8-5-9-17-16/h4-10,15H,11H2,1-3H3,(H,17,18)/p+2/t15-/m0/s1. The van der Waals surface area contributed by atoms with Gasteiger partial charge in [-0.3, -0.25) is 15.4 Å². The van der Waals surface area contributed by atoms with Crippen LogP contribution in [-0.4, -0.2) is 32.7 Å². The highest BCUT2D eigenvalue weighted by atomic mass is 16.6. The Morgan fingerprint density at radius 2 is 2.13 bits per heavy atom. The predicted molar refractivity (Wildman–Crippen MR) is 86.7 cm³/mol. The SMILES string of the molecule is COc1cccc([C@H](CNc2[nH+]cccc2[N+](=O)[O-])[NH+](C)C)c1. The van der Waals surface area contributed by atoms with Crippen molar-refractivity contribution in [1.82, 2.24) is 0 Å². The Labute approximate surface area is 135 Å². The lowest BCUT2D eigenvalue weighted by Gasteiger charge is -2.20. The van der Waals surface area contributed by atoms with Crippen molar-refractivity contribution in [3.63, 3.8) is 0 Å². The molecule has 0 saturated heterocycles. The summed E-state index contributed by atoms with van der Waals surface area (Å²) in [4.78, 5) is 14.8. The first kappa shape index (κ1) is 16.7. The Hall–Kier alpha value is -2.67. The first-order chi connectivity index (χ1) is 11.0. The molecule has 7 nitrogen and oxygen atoms in total. The van der Waals surface area contributed by atoms with Crippen molar-refractivity contribution >= 4 is 11.5 Å². The zero-order chi connectivity index (χ0) is 16.8. The maximum absolute atomic E-state index is 11.1. The van der Waals surface area contributed by atoms with Crippen LogP contribution in [0.2, 0.25) is 0 Å². The molecule has 0 spiro atoms. The lowest BCUT2D eigenvalue weighted by Crippen LogP contribution is -3.06. The average Bonchev–Trinajstić information content (AvgIpc) is 2.55. The first-order valence-electron chi connectivity index (χ1n) is 7.36. The topological polar surface area (TPSA) is 83.0 Å². The van der Waals surface area contributed by atoms with Crippen LogP contribution in [-0.2, 0) is 0 Å². The number of benzene rings is 1. The van der Waals surface area contributed by atoms with E-state index in [1.165, 1.54) is 11.0 Å². The second kappa shape index (κ2) is 7.55. The first-order valence-corrected chi connectivity index (χ1v) is 7.36. The van der Waals surface area contributed by atoms with E-state index in [1.807, 2.05) is 24.3 Å². The number of anilines is 1. The van der Waals surface area contributed by atoms with E-state index in [9.17, 15) is 10.1 Å². The van der Waals surface area contributed by atoms with Gasteiger partial charge in [0.15, 0.2) is 6.04 Å². The molecular formula is C16H22N4O3+2. The van der Waals surface area contributed by atoms with Crippen LogP contribution < -0.4 is 19.9 Å². The lowest BCUT2D eigenvalue weighted by atomic mass is 10.1. The third kappa shape index (κ3) is 4.17. The van der Waals surface area contributed by atoms with Crippen LogP contribution in [0.1, 0.15) is 11.6 Å². The van der Waals surface area contributed by atoms with Gasteiger partial charge in [-0.2, -0.15) is 0 Å². The minimum absolute atomic E-state index is 0.0330. The smallest absolute Gasteiger partial charge is 0.357 e. The molecule has 0 amide bonds. The third-order valence-electron chi connectivity index (χ3n) is 3.71. The number of ether oxygens (including phenoxy) is 1. The highest BCUT2D eigenvalue weighted by Gasteiger charge is 2.25. The summed E-state index contributed by atoms with van der Waals surface area (Å²) < 4.78 is 5.27.